The molecule has 2 aromatic rings. The highest BCUT2D eigenvalue weighted by Crippen LogP contribution is 2.38. The quantitative estimate of drug-likeness (QED) is 0.898. The lowest BCUT2D eigenvalue weighted by Crippen LogP contribution is -2.47. The summed E-state index contributed by atoms with van der Waals surface area (Å²) in [5.74, 6) is -0.403. The third-order valence-corrected chi connectivity index (χ3v) is 5.91. The molecule has 5 heteroatoms. The highest BCUT2D eigenvalue weighted by Gasteiger charge is 2.41. The number of carbonyl (C=O) groups is 2. The van der Waals surface area contributed by atoms with E-state index in [1.807, 2.05) is 29.2 Å². The minimum atomic E-state index is -0.252. The van der Waals surface area contributed by atoms with Crippen molar-refractivity contribution in [1.82, 2.24) is 5.32 Å². The van der Waals surface area contributed by atoms with Crippen molar-refractivity contribution < 1.29 is 14.0 Å². The van der Waals surface area contributed by atoms with Gasteiger partial charge in [0.1, 0.15) is 0 Å². The van der Waals surface area contributed by atoms with Gasteiger partial charge in [0.2, 0.25) is 11.8 Å². The van der Waals surface area contributed by atoms with Gasteiger partial charge in [-0.2, -0.15) is 0 Å². The van der Waals surface area contributed by atoms with E-state index in [9.17, 15) is 9.59 Å². The van der Waals surface area contributed by atoms with Gasteiger partial charge in [0.15, 0.2) is 0 Å². The molecule has 0 bridgehead atoms. The number of anilines is 1. The van der Waals surface area contributed by atoms with Crippen LogP contribution in [0.15, 0.2) is 47.3 Å². The Balaban J connectivity index is 1.50. The molecule has 142 valence electrons. The predicted octanol–water partition coefficient (Wildman–Crippen LogP) is 3.68. The molecule has 1 N–H and O–H groups in total. The summed E-state index contributed by atoms with van der Waals surface area (Å²) in [5, 5.41) is 2.99. The van der Waals surface area contributed by atoms with Crippen LogP contribution in [-0.2, 0) is 22.6 Å². The summed E-state index contributed by atoms with van der Waals surface area (Å²) in [5.41, 5.74) is 3.16. The van der Waals surface area contributed by atoms with Crippen molar-refractivity contribution >= 4 is 17.5 Å². The van der Waals surface area contributed by atoms with Crippen molar-refractivity contribution in [2.75, 3.05) is 4.90 Å². The highest BCUT2D eigenvalue weighted by molar-refractivity contribution is 6.00. The van der Waals surface area contributed by atoms with Crippen molar-refractivity contribution in [2.45, 2.75) is 51.6 Å². The Labute approximate surface area is 159 Å². The summed E-state index contributed by atoms with van der Waals surface area (Å²) in [6.45, 7) is 2.53. The lowest BCUT2D eigenvalue weighted by Gasteiger charge is -2.34. The van der Waals surface area contributed by atoms with E-state index >= 15 is 0 Å². The summed E-state index contributed by atoms with van der Waals surface area (Å²) >= 11 is 0. The van der Waals surface area contributed by atoms with Crippen LogP contribution in [0, 0.1) is 11.8 Å². The van der Waals surface area contributed by atoms with Crippen molar-refractivity contribution in [3.05, 3.63) is 54.0 Å². The Morgan fingerprint density at radius 1 is 1.15 bits per heavy atom. The zero-order valence-electron chi connectivity index (χ0n) is 15.7. The number of fused-ring (bicyclic) bond motifs is 1. The highest BCUT2D eigenvalue weighted by atomic mass is 16.3. The minimum absolute atomic E-state index is 0.0191. The van der Waals surface area contributed by atoms with Gasteiger partial charge in [0.05, 0.1) is 18.4 Å². The van der Waals surface area contributed by atoms with Gasteiger partial charge in [0.25, 0.3) is 0 Å². The minimum Gasteiger partial charge on any atom is -0.472 e. The van der Waals surface area contributed by atoms with E-state index < -0.39 is 0 Å². The molecule has 0 radical (unpaired) electrons. The largest absolute Gasteiger partial charge is 0.472 e. The molecule has 4 rings (SSSR count). The third kappa shape index (κ3) is 3.51. The Kier molecular flexibility index (Phi) is 5.01. The first kappa shape index (κ1) is 17.8. The number of hydrogen-bond donors (Lipinski definition) is 1. The standard InChI is InChI=1S/C22H26N2O3/c1-15-12-17-6-2-5-9-20(17)24(15)22(26)19-8-4-3-7-18(19)21(25)23-13-16-10-11-27-14-16/h2,5-6,9-11,14-15,18-19H,3-4,7-8,12-13H2,1H3,(H,23,25). The number of nitrogens with one attached hydrogen (secondary N) is 1. The molecule has 1 aliphatic heterocycles. The van der Waals surface area contributed by atoms with Crippen LogP contribution in [0.1, 0.15) is 43.7 Å². The van der Waals surface area contributed by atoms with Gasteiger partial charge in [-0.3, -0.25) is 9.59 Å². The SMILES string of the molecule is CC1Cc2ccccc2N1C(=O)C1CCCCC1C(=O)NCc1ccoc1. The summed E-state index contributed by atoms with van der Waals surface area (Å²) in [6.07, 6.45) is 7.68. The lowest BCUT2D eigenvalue weighted by molar-refractivity contribution is -0.135. The molecule has 27 heavy (non-hydrogen) atoms. The summed E-state index contributed by atoms with van der Waals surface area (Å²) in [7, 11) is 0. The maximum absolute atomic E-state index is 13.5. The second-order valence-corrected chi connectivity index (χ2v) is 7.74. The zero-order valence-corrected chi connectivity index (χ0v) is 15.7. The van der Waals surface area contributed by atoms with Gasteiger partial charge in [-0.05, 0) is 43.9 Å². The number of furan rings is 1. The van der Waals surface area contributed by atoms with Crippen LogP contribution < -0.4 is 10.2 Å². The van der Waals surface area contributed by atoms with E-state index in [1.165, 1.54) is 5.56 Å². The Hall–Kier alpha value is -2.56. The molecule has 1 aromatic carbocycles. The van der Waals surface area contributed by atoms with Crippen LogP contribution in [0.2, 0.25) is 0 Å². The van der Waals surface area contributed by atoms with E-state index in [0.717, 1.165) is 43.4 Å². The van der Waals surface area contributed by atoms with E-state index in [-0.39, 0.29) is 29.7 Å². The van der Waals surface area contributed by atoms with Gasteiger partial charge in [-0.15, -0.1) is 0 Å². The molecule has 1 saturated carbocycles. The van der Waals surface area contributed by atoms with Crippen molar-refractivity contribution in [2.24, 2.45) is 11.8 Å². The normalized spacial score (nSPS) is 24.5. The average molecular weight is 366 g/mol. The molecule has 0 saturated heterocycles. The second kappa shape index (κ2) is 7.59. The molecule has 2 heterocycles. The maximum Gasteiger partial charge on any atom is 0.231 e. The molecule has 0 spiro atoms. The molecular weight excluding hydrogens is 340 g/mol. The van der Waals surface area contributed by atoms with Crippen molar-refractivity contribution in [3.8, 4) is 0 Å². The van der Waals surface area contributed by atoms with Gasteiger partial charge in [-0.25, -0.2) is 0 Å². The number of amides is 2. The molecule has 2 aliphatic rings. The van der Waals surface area contributed by atoms with E-state index in [4.69, 9.17) is 4.42 Å². The van der Waals surface area contributed by atoms with E-state index in [1.54, 1.807) is 12.5 Å². The van der Waals surface area contributed by atoms with Crippen molar-refractivity contribution in [1.29, 1.82) is 0 Å². The molecule has 2 amide bonds. The number of benzene rings is 1. The third-order valence-electron chi connectivity index (χ3n) is 5.91. The fraction of sp³-hybridized carbons (Fsp3) is 0.455. The maximum atomic E-state index is 13.5. The number of rotatable bonds is 4. The Morgan fingerprint density at radius 3 is 2.70 bits per heavy atom. The van der Waals surface area contributed by atoms with Crippen LogP contribution in [0.4, 0.5) is 5.69 Å². The molecule has 1 fully saturated rings. The molecule has 1 aromatic heterocycles. The number of hydrogen-bond acceptors (Lipinski definition) is 3. The van der Waals surface area contributed by atoms with Gasteiger partial charge in [0, 0.05) is 29.8 Å². The molecule has 3 atom stereocenters. The molecule has 1 aliphatic carbocycles. The van der Waals surface area contributed by atoms with Gasteiger partial charge >= 0.3 is 0 Å². The number of para-hydroxylation sites is 1. The number of nitrogens with zero attached hydrogens (tertiary/aromatic N) is 1. The summed E-state index contributed by atoms with van der Waals surface area (Å²) < 4.78 is 5.05. The smallest absolute Gasteiger partial charge is 0.231 e. The van der Waals surface area contributed by atoms with Crippen LogP contribution in [0.25, 0.3) is 0 Å². The van der Waals surface area contributed by atoms with Crippen LogP contribution in [0.3, 0.4) is 0 Å². The van der Waals surface area contributed by atoms with Crippen LogP contribution >= 0.6 is 0 Å². The Morgan fingerprint density at radius 2 is 1.93 bits per heavy atom. The van der Waals surface area contributed by atoms with Gasteiger partial charge in [-0.1, -0.05) is 31.0 Å². The van der Waals surface area contributed by atoms with E-state index in [2.05, 4.69) is 18.3 Å². The fourth-order valence-corrected chi connectivity index (χ4v) is 4.53. The molecule has 5 nitrogen and oxygen atoms in total. The fourth-order valence-electron chi connectivity index (χ4n) is 4.53. The Bertz CT molecular complexity index is 815. The van der Waals surface area contributed by atoms with Crippen LogP contribution in [-0.4, -0.2) is 17.9 Å². The molecule has 3 unspecified atom stereocenters. The average Bonchev–Trinajstić information content (AvgIpc) is 3.32. The monoisotopic (exact) mass is 366 g/mol. The first-order valence-corrected chi connectivity index (χ1v) is 9.85. The van der Waals surface area contributed by atoms with E-state index in [0.29, 0.717) is 6.54 Å². The lowest BCUT2D eigenvalue weighted by atomic mass is 9.77. The van der Waals surface area contributed by atoms with Gasteiger partial charge < -0.3 is 14.6 Å². The second-order valence-electron chi connectivity index (χ2n) is 7.74. The number of carbonyl (C=O) groups excluding carboxylic acids is 2. The zero-order chi connectivity index (χ0) is 18.8. The van der Waals surface area contributed by atoms with Crippen LogP contribution in [0.5, 0.6) is 0 Å². The predicted molar refractivity (Wildman–Crippen MR) is 103 cm³/mol. The summed E-state index contributed by atoms with van der Waals surface area (Å²) in [4.78, 5) is 28.2. The van der Waals surface area contributed by atoms with Crippen molar-refractivity contribution in [3.63, 3.8) is 0 Å². The topological polar surface area (TPSA) is 62.6 Å². The summed E-state index contributed by atoms with van der Waals surface area (Å²) in [6, 6.07) is 10.1. The molecular formula is C22H26N2O3. The first-order valence-electron chi connectivity index (χ1n) is 9.85. The first-order chi connectivity index (χ1) is 13.1.